The molecule has 3 heterocycles. The molecular formula is C54H38N2S. The van der Waals surface area contributed by atoms with Gasteiger partial charge in [0.2, 0.25) is 0 Å². The lowest BCUT2D eigenvalue weighted by molar-refractivity contribution is 0.850. The first-order valence-corrected chi connectivity index (χ1v) is 20.9. The standard InChI is InChI=1S/C54H38N2S/c1-3-13-35(14-4-1)39-29-40(36-15-5-2-6-16-36)31-42(30-39)56-50-21-11-8-18-44(50)47-33-38(24-27-52(47)56)37-23-26-51-46(32-37)43-17-7-10-20-49(43)55(51)41-25-28-54-48(34-41)45-19-9-12-22-53(45)57-54/h1-15,17-23,25-34,36,38H,16,24H2. The molecule has 0 bridgehead atoms. The van der Waals surface area contributed by atoms with E-state index in [1.165, 1.54) is 97.1 Å². The Morgan fingerprint density at radius 3 is 2.07 bits per heavy atom. The molecule has 0 amide bonds. The molecule has 270 valence electrons. The SMILES string of the molecule is C1=CCC(c2cc(-c3ccccc3)cc(-n3c4c(c5ccccc53)=CC(c3ccc5c(c3)c3ccccc3n5-c3ccc5sc6ccccc6c5c3)CC=4)c2)C=C1. The minimum atomic E-state index is 0.266. The molecule has 7 aromatic carbocycles. The zero-order valence-electron chi connectivity index (χ0n) is 31.3. The lowest BCUT2D eigenvalue weighted by Crippen LogP contribution is -2.31. The molecule has 2 nitrogen and oxygen atoms in total. The van der Waals surface area contributed by atoms with E-state index in [1.54, 1.807) is 0 Å². The van der Waals surface area contributed by atoms with Crippen molar-refractivity contribution in [2.75, 3.05) is 0 Å². The fraction of sp³-hybridized carbons (Fsp3) is 0.0741. The van der Waals surface area contributed by atoms with E-state index in [4.69, 9.17) is 0 Å². The van der Waals surface area contributed by atoms with Crippen molar-refractivity contribution in [3.63, 3.8) is 0 Å². The molecule has 3 aromatic heterocycles. The van der Waals surface area contributed by atoms with E-state index >= 15 is 0 Å². The number of para-hydroxylation sites is 2. The van der Waals surface area contributed by atoms with E-state index in [-0.39, 0.29) is 5.92 Å². The molecule has 12 rings (SSSR count). The first-order chi connectivity index (χ1) is 28.2. The minimum absolute atomic E-state index is 0.266. The van der Waals surface area contributed by atoms with Gasteiger partial charge in [0.1, 0.15) is 0 Å². The maximum Gasteiger partial charge on any atom is 0.0541 e. The molecule has 0 spiro atoms. The summed E-state index contributed by atoms with van der Waals surface area (Å²) in [5.74, 6) is 0.622. The summed E-state index contributed by atoms with van der Waals surface area (Å²) in [4.78, 5) is 0. The lowest BCUT2D eigenvalue weighted by Gasteiger charge is -2.19. The van der Waals surface area contributed by atoms with Gasteiger partial charge in [-0.2, -0.15) is 0 Å². The molecule has 2 aliphatic rings. The van der Waals surface area contributed by atoms with Gasteiger partial charge < -0.3 is 9.13 Å². The van der Waals surface area contributed by atoms with Crippen molar-refractivity contribution in [1.29, 1.82) is 0 Å². The van der Waals surface area contributed by atoms with Crippen LogP contribution in [0.1, 0.15) is 35.8 Å². The zero-order chi connectivity index (χ0) is 37.5. The third-order valence-corrected chi connectivity index (χ3v) is 13.5. The summed E-state index contributed by atoms with van der Waals surface area (Å²) in [7, 11) is 0. The van der Waals surface area contributed by atoms with Crippen LogP contribution in [0.25, 0.3) is 87.5 Å². The third kappa shape index (κ3) is 5.23. The van der Waals surface area contributed by atoms with Crippen LogP contribution in [0.4, 0.5) is 0 Å². The van der Waals surface area contributed by atoms with E-state index in [9.17, 15) is 0 Å². The quantitative estimate of drug-likeness (QED) is 0.166. The van der Waals surface area contributed by atoms with E-state index in [0.29, 0.717) is 5.92 Å². The fourth-order valence-corrected chi connectivity index (χ4v) is 10.7. The highest BCUT2D eigenvalue weighted by molar-refractivity contribution is 7.25. The predicted octanol–water partition coefficient (Wildman–Crippen LogP) is 13.1. The molecular weight excluding hydrogens is 709 g/mol. The highest BCUT2D eigenvalue weighted by atomic mass is 32.1. The van der Waals surface area contributed by atoms with E-state index < -0.39 is 0 Å². The third-order valence-electron chi connectivity index (χ3n) is 12.3. The number of hydrogen-bond acceptors (Lipinski definition) is 1. The molecule has 0 N–H and O–H groups in total. The van der Waals surface area contributed by atoms with Gasteiger partial charge in [-0.05, 0) is 95.8 Å². The summed E-state index contributed by atoms with van der Waals surface area (Å²) in [5, 5.41) is 9.16. The van der Waals surface area contributed by atoms with Gasteiger partial charge in [0.25, 0.3) is 0 Å². The number of hydrogen-bond donors (Lipinski definition) is 0. The van der Waals surface area contributed by atoms with Crippen LogP contribution in [0, 0.1) is 0 Å². The van der Waals surface area contributed by atoms with Crippen molar-refractivity contribution < 1.29 is 0 Å². The van der Waals surface area contributed by atoms with Crippen LogP contribution in [0.3, 0.4) is 0 Å². The van der Waals surface area contributed by atoms with Crippen molar-refractivity contribution in [3.05, 3.63) is 204 Å². The minimum Gasteiger partial charge on any atom is -0.310 e. The Morgan fingerprint density at radius 1 is 0.456 bits per heavy atom. The van der Waals surface area contributed by atoms with Crippen LogP contribution in [0.5, 0.6) is 0 Å². The average molecular weight is 747 g/mol. The Hall–Kier alpha value is -6.68. The molecule has 2 atom stereocenters. The highest BCUT2D eigenvalue weighted by Crippen LogP contribution is 2.39. The van der Waals surface area contributed by atoms with Crippen LogP contribution < -0.4 is 10.6 Å². The molecule has 3 heteroatoms. The molecule has 10 aromatic rings. The summed E-state index contributed by atoms with van der Waals surface area (Å²) < 4.78 is 7.64. The summed E-state index contributed by atoms with van der Waals surface area (Å²) in [5.41, 5.74) is 11.4. The Labute approximate surface area is 334 Å². The van der Waals surface area contributed by atoms with Gasteiger partial charge in [0.05, 0.1) is 16.6 Å². The number of thiophene rings is 1. The number of rotatable bonds is 5. The largest absolute Gasteiger partial charge is 0.310 e. The van der Waals surface area contributed by atoms with Gasteiger partial charge in [-0.25, -0.2) is 0 Å². The summed E-state index contributed by atoms with van der Waals surface area (Å²) in [6, 6.07) is 58.9. The van der Waals surface area contributed by atoms with Gasteiger partial charge >= 0.3 is 0 Å². The Bertz CT molecular complexity index is 3430. The molecule has 0 aliphatic heterocycles. The maximum atomic E-state index is 2.54. The van der Waals surface area contributed by atoms with Crippen LogP contribution >= 0.6 is 11.3 Å². The van der Waals surface area contributed by atoms with Crippen molar-refractivity contribution >= 4 is 76.4 Å². The van der Waals surface area contributed by atoms with Gasteiger partial charge in [-0.15, -0.1) is 11.3 Å². The van der Waals surface area contributed by atoms with Gasteiger partial charge in [-0.3, -0.25) is 0 Å². The number of aromatic nitrogens is 2. The Kier molecular flexibility index (Phi) is 7.39. The summed E-state index contributed by atoms with van der Waals surface area (Å²) in [6.45, 7) is 0. The molecule has 2 unspecified atom stereocenters. The zero-order valence-corrected chi connectivity index (χ0v) is 32.2. The van der Waals surface area contributed by atoms with Crippen LogP contribution in [0.15, 0.2) is 182 Å². The second kappa shape index (κ2) is 12.9. The number of benzene rings is 7. The summed E-state index contributed by atoms with van der Waals surface area (Å²) >= 11 is 1.87. The molecule has 2 aliphatic carbocycles. The molecule has 0 saturated carbocycles. The second-order valence-electron chi connectivity index (χ2n) is 15.6. The number of allylic oxidation sites excluding steroid dienone is 4. The van der Waals surface area contributed by atoms with E-state index in [1.807, 2.05) is 11.3 Å². The molecule has 0 fully saturated rings. The smallest absolute Gasteiger partial charge is 0.0541 e. The van der Waals surface area contributed by atoms with Crippen molar-refractivity contribution in [2.24, 2.45) is 0 Å². The van der Waals surface area contributed by atoms with Crippen LogP contribution in [0.2, 0.25) is 0 Å². The predicted molar refractivity (Wildman–Crippen MR) is 244 cm³/mol. The van der Waals surface area contributed by atoms with Crippen LogP contribution in [-0.2, 0) is 0 Å². The number of nitrogens with zero attached hydrogens (tertiary/aromatic N) is 2. The van der Waals surface area contributed by atoms with Crippen molar-refractivity contribution in [2.45, 2.75) is 24.7 Å². The molecule has 57 heavy (non-hydrogen) atoms. The van der Waals surface area contributed by atoms with E-state index in [0.717, 1.165) is 12.8 Å². The first kappa shape index (κ1) is 32.6. The normalized spacial score (nSPS) is 16.4. The second-order valence-corrected chi connectivity index (χ2v) is 16.7. The maximum absolute atomic E-state index is 2.54. The topological polar surface area (TPSA) is 9.86 Å². The Balaban J connectivity index is 1.00. The molecule has 0 saturated heterocycles. The monoisotopic (exact) mass is 746 g/mol. The summed E-state index contributed by atoms with van der Waals surface area (Å²) in [6.07, 6.45) is 16.0. The average Bonchev–Trinajstić information content (AvgIpc) is 3.94. The number of fused-ring (bicyclic) bond motifs is 9. The fourth-order valence-electron chi connectivity index (χ4n) is 9.63. The van der Waals surface area contributed by atoms with Crippen molar-refractivity contribution in [1.82, 2.24) is 9.13 Å². The first-order valence-electron chi connectivity index (χ1n) is 20.1. The van der Waals surface area contributed by atoms with Crippen LogP contribution in [-0.4, -0.2) is 9.13 Å². The molecule has 0 radical (unpaired) electrons. The lowest BCUT2D eigenvalue weighted by atomic mass is 9.89. The highest BCUT2D eigenvalue weighted by Gasteiger charge is 2.21. The van der Waals surface area contributed by atoms with Gasteiger partial charge in [-0.1, -0.05) is 134 Å². The van der Waals surface area contributed by atoms with Gasteiger partial charge in [0.15, 0.2) is 0 Å². The van der Waals surface area contributed by atoms with Crippen molar-refractivity contribution in [3.8, 4) is 22.5 Å². The van der Waals surface area contributed by atoms with E-state index in [2.05, 4.69) is 203 Å². The Morgan fingerprint density at radius 2 is 1.21 bits per heavy atom. The van der Waals surface area contributed by atoms with Gasteiger partial charge in [0, 0.05) is 70.1 Å².